The minimum atomic E-state index is 0.225. The van der Waals surface area contributed by atoms with Gasteiger partial charge < -0.3 is 10.3 Å². The van der Waals surface area contributed by atoms with Crippen molar-refractivity contribution in [1.29, 1.82) is 0 Å². The van der Waals surface area contributed by atoms with E-state index in [0.29, 0.717) is 11.6 Å². The van der Waals surface area contributed by atoms with E-state index in [1.807, 2.05) is 30.0 Å². The second-order valence-electron chi connectivity index (χ2n) is 4.77. The van der Waals surface area contributed by atoms with E-state index in [9.17, 15) is 0 Å². The molecule has 1 aliphatic heterocycles. The van der Waals surface area contributed by atoms with E-state index in [1.165, 1.54) is 0 Å². The molecule has 1 saturated heterocycles. The first-order valence-electron chi connectivity index (χ1n) is 6.32. The molecule has 3 rings (SSSR count). The summed E-state index contributed by atoms with van der Waals surface area (Å²) in [6, 6.07) is 5.83. The maximum Gasteiger partial charge on any atom is 0.258 e. The maximum atomic E-state index is 5.78. The number of hydrogen-bond donors (Lipinski definition) is 1. The van der Waals surface area contributed by atoms with Gasteiger partial charge in [-0.3, -0.25) is 4.90 Å². The van der Waals surface area contributed by atoms with Gasteiger partial charge in [0, 0.05) is 33.8 Å². The quantitative estimate of drug-likeness (QED) is 0.836. The molecule has 5 nitrogen and oxygen atoms in total. The molecule has 1 aliphatic rings. The lowest BCUT2D eigenvalue weighted by molar-refractivity contribution is 0.257. The zero-order valence-electron chi connectivity index (χ0n) is 11.0. The molecule has 2 heterocycles. The van der Waals surface area contributed by atoms with E-state index in [1.54, 1.807) is 0 Å². The summed E-state index contributed by atoms with van der Waals surface area (Å²) in [4.78, 5) is 6.80. The van der Waals surface area contributed by atoms with Gasteiger partial charge in [-0.25, -0.2) is 0 Å². The highest BCUT2D eigenvalue weighted by Crippen LogP contribution is 2.30. The summed E-state index contributed by atoms with van der Waals surface area (Å²) >= 11 is 5.33. The van der Waals surface area contributed by atoms with Gasteiger partial charge in [-0.2, -0.15) is 16.7 Å². The molecule has 106 valence electrons. The number of nitrogen functional groups attached to an aromatic ring is 1. The third kappa shape index (κ3) is 2.70. The Balaban J connectivity index is 1.87. The lowest BCUT2D eigenvalue weighted by Gasteiger charge is -2.29. The van der Waals surface area contributed by atoms with E-state index in [0.717, 1.165) is 33.9 Å². The standard InChI is InChI=1S/C13H15BrN4OS/c1-18-4-5-20-7-11(18)12-16-13(19-17-12)8-2-3-10(15)9(14)6-8/h2-3,6,11H,4-5,7,15H2,1H3. The smallest absolute Gasteiger partial charge is 0.258 e. The normalized spacial score (nSPS) is 20.2. The number of halogens is 1. The van der Waals surface area contributed by atoms with E-state index < -0.39 is 0 Å². The van der Waals surface area contributed by atoms with Gasteiger partial charge in [-0.15, -0.1) is 0 Å². The molecule has 2 N–H and O–H groups in total. The molecule has 0 aliphatic carbocycles. The third-order valence-corrected chi connectivity index (χ3v) is 5.09. The molecule has 0 spiro atoms. The molecule has 20 heavy (non-hydrogen) atoms. The number of nitrogens with zero attached hydrogens (tertiary/aromatic N) is 3. The van der Waals surface area contributed by atoms with Crippen LogP contribution in [-0.2, 0) is 0 Å². The van der Waals surface area contributed by atoms with Crippen molar-refractivity contribution in [2.75, 3.05) is 30.8 Å². The topological polar surface area (TPSA) is 68.2 Å². The minimum Gasteiger partial charge on any atom is -0.398 e. The highest BCUT2D eigenvalue weighted by Gasteiger charge is 2.26. The summed E-state index contributed by atoms with van der Waals surface area (Å²) in [6.45, 7) is 1.05. The highest BCUT2D eigenvalue weighted by atomic mass is 79.9. The molecule has 1 fully saturated rings. The highest BCUT2D eigenvalue weighted by molar-refractivity contribution is 9.10. The van der Waals surface area contributed by atoms with E-state index in [4.69, 9.17) is 10.3 Å². The number of aromatic nitrogens is 2. The number of thioether (sulfide) groups is 1. The van der Waals surface area contributed by atoms with Gasteiger partial charge in [0.25, 0.3) is 5.89 Å². The Kier molecular flexibility index (Phi) is 4.00. The average molecular weight is 355 g/mol. The third-order valence-electron chi connectivity index (χ3n) is 3.38. The summed E-state index contributed by atoms with van der Waals surface area (Å²) in [7, 11) is 2.10. The largest absolute Gasteiger partial charge is 0.398 e. The number of hydrogen-bond acceptors (Lipinski definition) is 6. The minimum absolute atomic E-state index is 0.225. The van der Waals surface area contributed by atoms with Crippen LogP contribution in [0.4, 0.5) is 5.69 Å². The Morgan fingerprint density at radius 3 is 3.10 bits per heavy atom. The van der Waals surface area contributed by atoms with Gasteiger partial charge in [-0.1, -0.05) is 5.16 Å². The molecule has 1 atom stereocenters. The monoisotopic (exact) mass is 354 g/mol. The zero-order valence-corrected chi connectivity index (χ0v) is 13.4. The molecule has 0 radical (unpaired) electrons. The van der Waals surface area contributed by atoms with Crippen LogP contribution in [-0.4, -0.2) is 40.1 Å². The van der Waals surface area contributed by atoms with Gasteiger partial charge in [0.05, 0.1) is 6.04 Å². The lowest BCUT2D eigenvalue weighted by Crippen LogP contribution is -2.33. The van der Waals surface area contributed by atoms with Gasteiger partial charge in [0.1, 0.15) is 0 Å². The van der Waals surface area contributed by atoms with Crippen molar-refractivity contribution >= 4 is 33.4 Å². The molecular formula is C13H15BrN4OS. The molecule has 7 heteroatoms. The van der Waals surface area contributed by atoms with Crippen LogP contribution < -0.4 is 5.73 Å². The Morgan fingerprint density at radius 1 is 1.50 bits per heavy atom. The van der Waals surface area contributed by atoms with Gasteiger partial charge in [0.15, 0.2) is 5.82 Å². The van der Waals surface area contributed by atoms with Crippen LogP contribution in [0.1, 0.15) is 11.9 Å². The Morgan fingerprint density at radius 2 is 2.35 bits per heavy atom. The summed E-state index contributed by atoms with van der Waals surface area (Å²) in [6.07, 6.45) is 0. The van der Waals surface area contributed by atoms with Crippen molar-refractivity contribution in [2.24, 2.45) is 0 Å². The van der Waals surface area contributed by atoms with Crippen LogP contribution in [0.2, 0.25) is 0 Å². The van der Waals surface area contributed by atoms with Crippen LogP contribution in [0.15, 0.2) is 27.2 Å². The molecule has 0 bridgehead atoms. The van der Waals surface area contributed by atoms with Crippen molar-refractivity contribution in [3.8, 4) is 11.5 Å². The second-order valence-corrected chi connectivity index (χ2v) is 6.77. The van der Waals surface area contributed by atoms with Crippen LogP contribution in [0.3, 0.4) is 0 Å². The van der Waals surface area contributed by atoms with Crippen molar-refractivity contribution in [3.63, 3.8) is 0 Å². The lowest BCUT2D eigenvalue weighted by atomic mass is 10.2. The molecule has 1 unspecified atom stereocenters. The first-order valence-corrected chi connectivity index (χ1v) is 8.27. The summed E-state index contributed by atoms with van der Waals surface area (Å²) in [5, 5.41) is 4.13. The fraction of sp³-hybridized carbons (Fsp3) is 0.385. The second kappa shape index (κ2) is 5.75. The van der Waals surface area contributed by atoms with Crippen LogP contribution in [0.25, 0.3) is 11.5 Å². The number of rotatable bonds is 2. The van der Waals surface area contributed by atoms with E-state index >= 15 is 0 Å². The van der Waals surface area contributed by atoms with Crippen molar-refractivity contribution in [3.05, 3.63) is 28.5 Å². The van der Waals surface area contributed by atoms with Crippen LogP contribution >= 0.6 is 27.7 Å². The van der Waals surface area contributed by atoms with Crippen molar-refractivity contribution in [2.45, 2.75) is 6.04 Å². The number of nitrogens with two attached hydrogens (primary N) is 1. The summed E-state index contributed by atoms with van der Waals surface area (Å²) in [5.74, 6) is 3.44. The molecule has 0 saturated carbocycles. The fourth-order valence-electron chi connectivity index (χ4n) is 2.11. The van der Waals surface area contributed by atoms with Crippen molar-refractivity contribution in [1.82, 2.24) is 15.0 Å². The van der Waals surface area contributed by atoms with Gasteiger partial charge >= 0.3 is 0 Å². The van der Waals surface area contributed by atoms with E-state index in [-0.39, 0.29) is 6.04 Å². The molecule has 2 aromatic rings. The predicted molar refractivity (Wildman–Crippen MR) is 84.5 cm³/mol. The summed E-state index contributed by atoms with van der Waals surface area (Å²) in [5.41, 5.74) is 7.35. The average Bonchev–Trinajstić information content (AvgIpc) is 2.92. The first kappa shape index (κ1) is 13.9. The van der Waals surface area contributed by atoms with Crippen molar-refractivity contribution < 1.29 is 4.52 Å². The molecule has 1 aromatic carbocycles. The number of benzene rings is 1. The van der Waals surface area contributed by atoms with E-state index in [2.05, 4.69) is 38.0 Å². The Labute approximate surface area is 130 Å². The Hall–Kier alpha value is -1.05. The van der Waals surface area contributed by atoms with Crippen LogP contribution in [0.5, 0.6) is 0 Å². The zero-order chi connectivity index (χ0) is 14.1. The first-order chi connectivity index (χ1) is 9.65. The fourth-order valence-corrected chi connectivity index (χ4v) is 3.70. The van der Waals surface area contributed by atoms with Gasteiger partial charge in [0.2, 0.25) is 0 Å². The molecular weight excluding hydrogens is 340 g/mol. The van der Waals surface area contributed by atoms with Crippen LogP contribution in [0, 0.1) is 0 Å². The summed E-state index contributed by atoms with van der Waals surface area (Å²) < 4.78 is 6.22. The van der Waals surface area contributed by atoms with Gasteiger partial charge in [-0.05, 0) is 41.2 Å². The predicted octanol–water partition coefficient (Wildman–Crippen LogP) is 2.80. The number of anilines is 1. The Bertz CT molecular complexity index is 618. The SMILES string of the molecule is CN1CCSCC1c1noc(-c2ccc(N)c(Br)c2)n1. The molecule has 1 aromatic heterocycles. The molecule has 0 amide bonds. The maximum absolute atomic E-state index is 5.78.